The van der Waals surface area contributed by atoms with Crippen LogP contribution < -0.4 is 10.6 Å². The van der Waals surface area contributed by atoms with Gasteiger partial charge < -0.3 is 66.9 Å². The predicted molar refractivity (Wildman–Crippen MR) is 283 cm³/mol. The maximum Gasteiger partial charge on any atom is 0.264 e. The smallest absolute Gasteiger partial charge is 0.264 e. The minimum Gasteiger partial charge on any atom is -0.382 e. The van der Waals surface area contributed by atoms with Crippen molar-refractivity contribution in [2.45, 2.75) is 116 Å². The number of nitrogens with zero attached hydrogens (tertiary/aromatic N) is 1. The van der Waals surface area contributed by atoms with Gasteiger partial charge in [-0.2, -0.15) is 0 Å². The average molecular weight is 1070 g/mol. The molecule has 2 aliphatic heterocycles. The Morgan fingerprint density at radius 3 is 1.12 bits per heavy atom. The molecule has 432 valence electrons. The summed E-state index contributed by atoms with van der Waals surface area (Å²) in [4.78, 5) is 51.0. The lowest BCUT2D eigenvalue weighted by atomic mass is 10.0. The highest BCUT2D eigenvalue weighted by molar-refractivity contribution is 6.25. The zero-order chi connectivity index (χ0) is 53.3. The molecule has 1 fully saturated rings. The third kappa shape index (κ3) is 33.6. The molecule has 1 aromatic rings. The monoisotopic (exact) mass is 1070 g/mol. The number of piperidine rings is 1. The van der Waals surface area contributed by atoms with E-state index >= 15 is 0 Å². The van der Waals surface area contributed by atoms with Gasteiger partial charge in [-0.05, 0) is 25.0 Å². The van der Waals surface area contributed by atoms with Gasteiger partial charge in [0.1, 0.15) is 6.04 Å². The fourth-order valence-electron chi connectivity index (χ4n) is 8.06. The number of ether oxygens (including phenoxy) is 13. The second-order valence-corrected chi connectivity index (χ2v) is 18.2. The first-order chi connectivity index (χ1) is 37.0. The topological polar surface area (TPSA) is 216 Å². The van der Waals surface area contributed by atoms with Gasteiger partial charge in [-0.15, -0.1) is 0 Å². The van der Waals surface area contributed by atoms with Crippen LogP contribution in [0.3, 0.4) is 0 Å². The van der Waals surface area contributed by atoms with Gasteiger partial charge in [0.15, 0.2) is 0 Å². The number of imide groups is 2. The molecule has 1 aromatic carbocycles. The third-order valence-corrected chi connectivity index (χ3v) is 12.1. The van der Waals surface area contributed by atoms with Gasteiger partial charge in [0, 0.05) is 25.3 Å². The summed E-state index contributed by atoms with van der Waals surface area (Å²) in [5.74, 6) is -2.17. The molecule has 3 rings (SSSR count). The minimum absolute atomic E-state index is 0.0640. The summed E-state index contributed by atoms with van der Waals surface area (Å²) in [7, 11) is 0. The SMILES string of the molecule is CCCCCCCCCCCCCCCCOCCOCCOCCOCCOCCOCCOCCOCCOCCOCCOCCOCCOCCNc1cccc2c1C(=O)N(C1CCC(=O)NC1=O)C2=O. The molecule has 4 amide bonds. The number of fused-ring (bicyclic) bond motifs is 1. The molecule has 0 aliphatic carbocycles. The number of benzene rings is 1. The van der Waals surface area contributed by atoms with E-state index in [1.54, 1.807) is 18.2 Å². The van der Waals surface area contributed by atoms with Crippen LogP contribution in [0.4, 0.5) is 5.69 Å². The van der Waals surface area contributed by atoms with Crippen molar-refractivity contribution >= 4 is 29.3 Å². The second-order valence-electron chi connectivity index (χ2n) is 18.2. The number of carbonyl (C=O) groups is 4. The van der Waals surface area contributed by atoms with Crippen LogP contribution >= 0.6 is 0 Å². The fraction of sp³-hybridized carbons (Fsp3) is 0.818. The van der Waals surface area contributed by atoms with Gasteiger partial charge in [0.05, 0.1) is 176 Å². The summed E-state index contributed by atoms with van der Waals surface area (Å²) in [6, 6.07) is 3.91. The quantitative estimate of drug-likeness (QED) is 0.0549. The van der Waals surface area contributed by atoms with Crippen molar-refractivity contribution < 1.29 is 80.8 Å². The van der Waals surface area contributed by atoms with Crippen molar-refractivity contribution in [1.82, 2.24) is 10.2 Å². The summed E-state index contributed by atoms with van der Waals surface area (Å²) in [5.41, 5.74) is 0.905. The first kappa shape index (κ1) is 66.1. The van der Waals surface area contributed by atoms with Crippen molar-refractivity contribution in [3.63, 3.8) is 0 Å². The highest BCUT2D eigenvalue weighted by Gasteiger charge is 2.45. The van der Waals surface area contributed by atoms with Crippen LogP contribution in [0.2, 0.25) is 0 Å². The molecule has 0 radical (unpaired) electrons. The molecule has 0 saturated carbocycles. The summed E-state index contributed by atoms with van der Waals surface area (Å²) in [6.07, 6.45) is 19.3. The van der Waals surface area contributed by atoms with E-state index in [-0.39, 0.29) is 24.0 Å². The molecule has 2 N–H and O–H groups in total. The minimum atomic E-state index is -1.01. The predicted octanol–water partition coefficient (Wildman–Crippen LogP) is 6.20. The molecule has 0 spiro atoms. The molecule has 0 bridgehead atoms. The fourth-order valence-corrected chi connectivity index (χ4v) is 8.06. The zero-order valence-electron chi connectivity index (χ0n) is 45.6. The second kappa shape index (κ2) is 47.9. The summed E-state index contributed by atoms with van der Waals surface area (Å²) in [6.45, 7) is 15.5. The van der Waals surface area contributed by atoms with Gasteiger partial charge in [-0.25, -0.2) is 0 Å². The van der Waals surface area contributed by atoms with Gasteiger partial charge >= 0.3 is 0 Å². The molecule has 75 heavy (non-hydrogen) atoms. The number of anilines is 1. The van der Waals surface area contributed by atoms with Crippen LogP contribution in [0, 0.1) is 0 Å². The van der Waals surface area contributed by atoms with Crippen LogP contribution in [0.1, 0.15) is 130 Å². The third-order valence-electron chi connectivity index (χ3n) is 12.1. The van der Waals surface area contributed by atoms with Crippen molar-refractivity contribution in [1.29, 1.82) is 0 Å². The lowest BCUT2D eigenvalue weighted by Gasteiger charge is -2.27. The van der Waals surface area contributed by atoms with Crippen LogP contribution in [-0.4, -0.2) is 213 Å². The van der Waals surface area contributed by atoms with Gasteiger partial charge in [0.25, 0.3) is 11.8 Å². The van der Waals surface area contributed by atoms with Crippen LogP contribution in [0.15, 0.2) is 18.2 Å². The molecule has 0 aromatic heterocycles. The molecular formula is C55H95N3O17. The molecule has 2 aliphatic rings. The van der Waals surface area contributed by atoms with Crippen LogP contribution in [0.25, 0.3) is 0 Å². The standard InChI is InChI=1S/C55H95N3O17/c1-2-3-4-5-6-7-8-9-10-11-12-13-14-15-22-63-24-26-65-28-30-67-32-34-69-36-38-71-40-42-73-44-46-75-47-45-74-43-41-72-39-37-70-35-33-68-31-29-66-27-25-64-23-21-56-49-18-16-17-48-52(49)55(62)58(54(48)61)50-19-20-51(59)57-53(50)60/h16-18,50,56H,2-15,19-47H2,1H3,(H,57,59,60). The first-order valence-electron chi connectivity index (χ1n) is 28.1. The highest BCUT2D eigenvalue weighted by Crippen LogP contribution is 2.32. The Kier molecular flexibility index (Phi) is 42.2. The summed E-state index contributed by atoms with van der Waals surface area (Å²) >= 11 is 0. The Balaban J connectivity index is 0.909. The number of carbonyl (C=O) groups excluding carboxylic acids is 4. The molecule has 20 heteroatoms. The van der Waals surface area contributed by atoms with E-state index in [0.717, 1.165) is 17.9 Å². The van der Waals surface area contributed by atoms with Gasteiger partial charge in [-0.3, -0.25) is 29.4 Å². The summed E-state index contributed by atoms with van der Waals surface area (Å²) in [5, 5.41) is 5.34. The van der Waals surface area contributed by atoms with Gasteiger partial charge in [0.2, 0.25) is 11.8 Å². The van der Waals surface area contributed by atoms with E-state index in [9.17, 15) is 19.2 Å². The summed E-state index contributed by atoms with van der Waals surface area (Å²) < 4.78 is 72.2. The van der Waals surface area contributed by atoms with E-state index in [0.29, 0.717) is 177 Å². The highest BCUT2D eigenvalue weighted by atomic mass is 16.6. The molecule has 1 atom stereocenters. The van der Waals surface area contributed by atoms with Crippen molar-refractivity contribution in [3.05, 3.63) is 29.3 Å². The Bertz CT molecular complexity index is 1580. The maximum absolute atomic E-state index is 13.2. The maximum atomic E-state index is 13.2. The average Bonchev–Trinajstić information content (AvgIpc) is 3.67. The number of rotatable bonds is 56. The Labute approximate surface area is 447 Å². The van der Waals surface area contributed by atoms with Crippen LogP contribution in [0.5, 0.6) is 0 Å². The number of hydrogen-bond donors (Lipinski definition) is 2. The van der Waals surface area contributed by atoms with Gasteiger partial charge in [-0.1, -0.05) is 96.5 Å². The van der Waals surface area contributed by atoms with E-state index in [2.05, 4.69) is 17.6 Å². The van der Waals surface area contributed by atoms with Crippen molar-refractivity contribution in [2.75, 3.05) is 184 Å². The lowest BCUT2D eigenvalue weighted by molar-refractivity contribution is -0.136. The first-order valence-corrected chi connectivity index (χ1v) is 28.1. The zero-order valence-corrected chi connectivity index (χ0v) is 45.6. The van der Waals surface area contributed by atoms with Crippen LogP contribution in [-0.2, 0) is 71.2 Å². The van der Waals surface area contributed by atoms with E-state index in [1.165, 1.54) is 83.5 Å². The number of unbranched alkanes of at least 4 members (excludes halogenated alkanes) is 13. The number of hydrogen-bond acceptors (Lipinski definition) is 18. The Hall–Kier alpha value is -3.22. The molecule has 1 unspecified atom stereocenters. The normalized spacial score (nSPS) is 14.6. The Morgan fingerprint density at radius 1 is 0.427 bits per heavy atom. The Morgan fingerprint density at radius 2 is 0.760 bits per heavy atom. The van der Waals surface area contributed by atoms with Crippen molar-refractivity contribution in [2.24, 2.45) is 0 Å². The number of nitrogens with one attached hydrogen (secondary N) is 2. The lowest BCUT2D eigenvalue weighted by Crippen LogP contribution is -2.54. The van der Waals surface area contributed by atoms with Crippen molar-refractivity contribution in [3.8, 4) is 0 Å². The molecule has 20 nitrogen and oxygen atoms in total. The van der Waals surface area contributed by atoms with E-state index in [4.69, 9.17) is 61.6 Å². The van der Waals surface area contributed by atoms with E-state index < -0.39 is 29.7 Å². The largest absolute Gasteiger partial charge is 0.382 e. The molecule has 2 heterocycles. The number of amides is 4. The molecule has 1 saturated heterocycles. The molecular weight excluding hydrogens is 975 g/mol. The van der Waals surface area contributed by atoms with E-state index in [1.807, 2.05) is 0 Å².